The Labute approximate surface area is 102 Å². The molecule has 0 saturated carbocycles. The number of rotatable bonds is 9. The summed E-state index contributed by atoms with van der Waals surface area (Å²) in [6, 6.07) is 0. The molecule has 4 atom stereocenters. The van der Waals surface area contributed by atoms with Crippen LogP contribution in [0.2, 0.25) is 0 Å². The van der Waals surface area contributed by atoms with Crippen LogP contribution in [-0.4, -0.2) is 29.7 Å². The average Bonchev–Trinajstić information content (AvgIpc) is 2.25. The molecule has 5 nitrogen and oxygen atoms in total. The molecule has 0 heterocycles. The summed E-state index contributed by atoms with van der Waals surface area (Å²) in [6.07, 6.45) is -0.738. The van der Waals surface area contributed by atoms with Gasteiger partial charge in [0.1, 0.15) is 6.61 Å². The monoisotopic (exact) mass is 273 g/mol. The highest BCUT2D eigenvalue weighted by Gasteiger charge is 2.28. The Morgan fingerprint density at radius 2 is 2.00 bits per heavy atom. The van der Waals surface area contributed by atoms with Gasteiger partial charge >= 0.3 is 8.25 Å². The number of hydrogen-bond donors (Lipinski definition) is 1. The molecule has 4 unspecified atom stereocenters. The molecule has 0 spiro atoms. The first-order valence-corrected chi connectivity index (χ1v) is 6.77. The maximum atomic E-state index is 11.3. The van der Waals surface area contributed by atoms with E-state index in [0.717, 1.165) is 0 Å². The van der Waals surface area contributed by atoms with E-state index in [9.17, 15) is 9.67 Å². The lowest BCUT2D eigenvalue weighted by Gasteiger charge is -2.13. The molecule has 96 valence electrons. The number of hydrogen-bond acceptors (Lipinski definition) is 5. The van der Waals surface area contributed by atoms with E-state index in [4.69, 9.17) is 25.4 Å². The molecule has 0 fully saturated rings. The molecule has 7 heteroatoms. The lowest BCUT2D eigenvalue weighted by atomic mass is 10.4. The van der Waals surface area contributed by atoms with Gasteiger partial charge in [-0.25, -0.2) is 0 Å². The summed E-state index contributed by atoms with van der Waals surface area (Å²) in [5.74, 6) is 0. The Morgan fingerprint density at radius 1 is 1.38 bits per heavy atom. The van der Waals surface area contributed by atoms with Crippen LogP contribution in [0.25, 0.3) is 0 Å². The van der Waals surface area contributed by atoms with Gasteiger partial charge in [-0.2, -0.15) is 0 Å². The van der Waals surface area contributed by atoms with Gasteiger partial charge < -0.3 is 9.84 Å². The molecule has 16 heavy (non-hydrogen) atoms. The van der Waals surface area contributed by atoms with Crippen LogP contribution in [0.1, 0.15) is 33.6 Å². The van der Waals surface area contributed by atoms with E-state index in [-0.39, 0.29) is 12.0 Å². The topological polar surface area (TPSA) is 65.0 Å². The van der Waals surface area contributed by atoms with Crippen molar-refractivity contribution in [3.05, 3.63) is 0 Å². The molecule has 0 saturated heterocycles. The van der Waals surface area contributed by atoms with Crippen molar-refractivity contribution in [2.45, 2.75) is 51.6 Å². The normalized spacial score (nSPS) is 17.9. The highest BCUT2D eigenvalue weighted by molar-refractivity contribution is 7.33. The summed E-state index contributed by atoms with van der Waals surface area (Å²) in [5, 5.41) is 9.00. The highest BCUT2D eigenvalue weighted by atomic mass is 35.5. The van der Waals surface area contributed by atoms with Crippen LogP contribution >= 0.6 is 19.9 Å². The molecule has 1 N–H and O–H groups in total. The third-order valence-electron chi connectivity index (χ3n) is 1.60. The smallest absolute Gasteiger partial charge is 0.368 e. The van der Waals surface area contributed by atoms with Crippen LogP contribution in [0.5, 0.6) is 0 Å². The molecule has 0 amide bonds. The number of ether oxygens (including phenoxy) is 1. The zero-order chi connectivity index (χ0) is 12.6. The minimum absolute atomic E-state index is 0.142. The number of alkyl halides is 1. The van der Waals surface area contributed by atoms with Gasteiger partial charge in [0.25, 0.3) is 0 Å². The van der Waals surface area contributed by atoms with Crippen molar-refractivity contribution >= 4 is 19.9 Å². The summed E-state index contributed by atoms with van der Waals surface area (Å²) in [7, 11) is -2.26. The SMILES string of the molecule is CCC(O)OC(CC)O[P+](=O)OCC(C)Cl. The molecule has 0 rings (SSSR count). The van der Waals surface area contributed by atoms with E-state index < -0.39 is 20.8 Å². The lowest BCUT2D eigenvalue weighted by Crippen LogP contribution is -2.21. The van der Waals surface area contributed by atoms with E-state index in [0.29, 0.717) is 12.8 Å². The number of halogens is 1. The Kier molecular flexibility index (Phi) is 9.41. The van der Waals surface area contributed by atoms with Crippen LogP contribution in [-0.2, 0) is 18.3 Å². The van der Waals surface area contributed by atoms with E-state index in [1.165, 1.54) is 0 Å². The van der Waals surface area contributed by atoms with Crippen LogP contribution in [0, 0.1) is 0 Å². The Morgan fingerprint density at radius 3 is 2.44 bits per heavy atom. The zero-order valence-corrected chi connectivity index (χ0v) is 11.4. The fraction of sp³-hybridized carbons (Fsp3) is 1.00. The van der Waals surface area contributed by atoms with E-state index in [1.54, 1.807) is 20.8 Å². The Balaban J connectivity index is 3.87. The van der Waals surface area contributed by atoms with Crippen molar-refractivity contribution in [1.29, 1.82) is 0 Å². The molecular formula is C9H19ClO5P+. The predicted octanol–water partition coefficient (Wildman–Crippen LogP) is 2.79. The third kappa shape index (κ3) is 8.39. The molecule has 0 aromatic rings. The van der Waals surface area contributed by atoms with Gasteiger partial charge in [-0.1, -0.05) is 18.4 Å². The van der Waals surface area contributed by atoms with Gasteiger partial charge in [0.2, 0.25) is 6.29 Å². The minimum atomic E-state index is -2.26. The van der Waals surface area contributed by atoms with E-state index in [1.807, 2.05) is 0 Å². The van der Waals surface area contributed by atoms with Crippen LogP contribution in [0.4, 0.5) is 0 Å². The molecular weight excluding hydrogens is 255 g/mol. The Hall–Kier alpha value is 0.230. The molecule has 0 aromatic heterocycles. The second kappa shape index (κ2) is 9.28. The summed E-state index contributed by atoms with van der Waals surface area (Å²) in [6.45, 7) is 5.42. The number of aliphatic hydroxyl groups excluding tert-OH is 1. The number of aliphatic hydroxyl groups is 1. The largest absolute Gasteiger partial charge is 0.700 e. The second-order valence-corrected chi connectivity index (χ2v) is 4.90. The molecule has 0 radical (unpaired) electrons. The molecule has 0 aliphatic heterocycles. The summed E-state index contributed by atoms with van der Waals surface area (Å²) in [4.78, 5) is 0. The van der Waals surface area contributed by atoms with Crippen molar-refractivity contribution in [2.75, 3.05) is 6.61 Å². The van der Waals surface area contributed by atoms with Crippen molar-refractivity contribution in [2.24, 2.45) is 0 Å². The van der Waals surface area contributed by atoms with Crippen molar-refractivity contribution < 1.29 is 23.5 Å². The van der Waals surface area contributed by atoms with Gasteiger partial charge in [0.15, 0.2) is 6.29 Å². The first-order chi connectivity index (χ1) is 7.49. The van der Waals surface area contributed by atoms with Crippen molar-refractivity contribution in [3.63, 3.8) is 0 Å². The molecule has 0 bridgehead atoms. The van der Waals surface area contributed by atoms with E-state index in [2.05, 4.69) is 0 Å². The van der Waals surface area contributed by atoms with Gasteiger partial charge in [0.05, 0.1) is 5.38 Å². The molecule has 0 aliphatic rings. The average molecular weight is 274 g/mol. The fourth-order valence-corrected chi connectivity index (χ4v) is 1.70. The summed E-state index contributed by atoms with van der Waals surface area (Å²) in [5.41, 5.74) is 0. The highest BCUT2D eigenvalue weighted by Crippen LogP contribution is 2.28. The van der Waals surface area contributed by atoms with E-state index >= 15 is 0 Å². The first kappa shape index (κ1) is 16.2. The standard InChI is InChI=1S/C9H19ClO5P/c1-4-8(11)14-9(5-2)15-16(12)13-6-7(3)10/h7-9,11H,4-6H2,1-3H3/q+1. The Bertz CT molecular complexity index is 202. The van der Waals surface area contributed by atoms with Crippen molar-refractivity contribution in [1.82, 2.24) is 0 Å². The summed E-state index contributed by atoms with van der Waals surface area (Å²) >= 11 is 5.62. The van der Waals surface area contributed by atoms with Crippen molar-refractivity contribution in [3.8, 4) is 0 Å². The minimum Gasteiger partial charge on any atom is -0.368 e. The van der Waals surface area contributed by atoms with Crippen LogP contribution in [0.3, 0.4) is 0 Å². The van der Waals surface area contributed by atoms with Gasteiger partial charge in [-0.3, -0.25) is 0 Å². The maximum Gasteiger partial charge on any atom is 0.700 e. The van der Waals surface area contributed by atoms with Crippen LogP contribution < -0.4 is 0 Å². The van der Waals surface area contributed by atoms with Gasteiger partial charge in [0, 0.05) is 11.0 Å². The zero-order valence-electron chi connectivity index (χ0n) is 9.76. The lowest BCUT2D eigenvalue weighted by molar-refractivity contribution is -0.198. The van der Waals surface area contributed by atoms with Gasteiger partial charge in [-0.05, 0) is 13.3 Å². The fourth-order valence-electron chi connectivity index (χ4n) is 0.757. The summed E-state index contributed by atoms with van der Waals surface area (Å²) < 4.78 is 26.1. The van der Waals surface area contributed by atoms with Gasteiger partial charge in [-0.15, -0.1) is 16.1 Å². The third-order valence-corrected chi connectivity index (χ3v) is 2.50. The second-order valence-electron chi connectivity index (χ2n) is 3.24. The first-order valence-electron chi connectivity index (χ1n) is 5.24. The molecule has 0 aliphatic carbocycles. The predicted molar refractivity (Wildman–Crippen MR) is 61.4 cm³/mol. The molecule has 0 aromatic carbocycles. The maximum absolute atomic E-state index is 11.3. The van der Waals surface area contributed by atoms with Crippen LogP contribution in [0.15, 0.2) is 0 Å². The quantitative estimate of drug-likeness (QED) is 0.397.